The summed E-state index contributed by atoms with van der Waals surface area (Å²) in [4.78, 5) is 25.3. The van der Waals surface area contributed by atoms with Gasteiger partial charge in [0.05, 0.1) is 16.4 Å². The van der Waals surface area contributed by atoms with Crippen LogP contribution in [0, 0.1) is 5.92 Å². The van der Waals surface area contributed by atoms with Crippen LogP contribution in [-0.2, 0) is 0 Å². The second-order valence-electron chi connectivity index (χ2n) is 6.97. The summed E-state index contributed by atoms with van der Waals surface area (Å²) in [5, 5.41) is 20.4. The predicted octanol–water partition coefficient (Wildman–Crippen LogP) is 4.36. The molecule has 0 aliphatic heterocycles. The third-order valence-corrected chi connectivity index (χ3v) is 6.23. The van der Waals surface area contributed by atoms with E-state index in [9.17, 15) is 4.79 Å². The van der Waals surface area contributed by atoms with Crippen molar-refractivity contribution in [1.82, 2.24) is 24.7 Å². The fourth-order valence-electron chi connectivity index (χ4n) is 2.87. The SMILES string of the molecule is CSc1cnc(NCC(C)CNc2nc3ccc(-c4cnn(C(=O)O)c4)cc3s2)nc1. The van der Waals surface area contributed by atoms with Gasteiger partial charge in [0.1, 0.15) is 0 Å². The lowest BCUT2D eigenvalue weighted by molar-refractivity contribution is 0.192. The number of hydrogen-bond donors (Lipinski definition) is 3. The third-order valence-electron chi connectivity index (χ3n) is 4.57. The van der Waals surface area contributed by atoms with E-state index in [4.69, 9.17) is 5.11 Å². The molecule has 31 heavy (non-hydrogen) atoms. The summed E-state index contributed by atoms with van der Waals surface area (Å²) in [5.41, 5.74) is 2.55. The molecule has 0 spiro atoms. The number of anilines is 2. The summed E-state index contributed by atoms with van der Waals surface area (Å²) in [6.07, 6.45) is 7.55. The number of thioether (sulfide) groups is 1. The van der Waals surface area contributed by atoms with Gasteiger partial charge in [-0.3, -0.25) is 0 Å². The fourth-order valence-corrected chi connectivity index (χ4v) is 4.10. The highest BCUT2D eigenvalue weighted by atomic mass is 32.2. The van der Waals surface area contributed by atoms with Crippen molar-refractivity contribution in [2.24, 2.45) is 5.92 Å². The molecule has 11 heteroatoms. The van der Waals surface area contributed by atoms with Crippen LogP contribution in [0.25, 0.3) is 21.3 Å². The topological polar surface area (TPSA) is 118 Å². The molecule has 4 aromatic rings. The second-order valence-corrected chi connectivity index (χ2v) is 8.88. The van der Waals surface area contributed by atoms with Gasteiger partial charge in [-0.05, 0) is 29.9 Å². The Labute approximate surface area is 187 Å². The first-order chi connectivity index (χ1) is 15.0. The second kappa shape index (κ2) is 9.31. The average molecular weight is 456 g/mol. The highest BCUT2D eigenvalue weighted by Crippen LogP contribution is 2.30. The molecule has 4 rings (SSSR count). The Hall–Kier alpha value is -3.18. The van der Waals surface area contributed by atoms with Gasteiger partial charge in [0, 0.05) is 42.1 Å². The van der Waals surface area contributed by atoms with Gasteiger partial charge >= 0.3 is 6.09 Å². The molecular formula is C20H21N7O2S2. The van der Waals surface area contributed by atoms with Gasteiger partial charge in [0.2, 0.25) is 5.95 Å². The summed E-state index contributed by atoms with van der Waals surface area (Å²) < 4.78 is 1.92. The smallest absolute Gasteiger partial charge is 0.432 e. The van der Waals surface area contributed by atoms with Crippen LogP contribution in [0.1, 0.15) is 6.92 Å². The maximum Gasteiger partial charge on any atom is 0.432 e. The number of nitrogens with one attached hydrogen (secondary N) is 2. The summed E-state index contributed by atoms with van der Waals surface area (Å²) in [6, 6.07) is 5.86. The molecule has 1 atom stereocenters. The first-order valence-electron chi connectivity index (χ1n) is 9.54. The number of rotatable bonds is 8. The van der Waals surface area contributed by atoms with E-state index in [1.54, 1.807) is 29.3 Å². The van der Waals surface area contributed by atoms with Gasteiger partial charge in [-0.25, -0.2) is 19.7 Å². The Morgan fingerprint density at radius 2 is 1.97 bits per heavy atom. The minimum atomic E-state index is -1.11. The molecule has 0 bridgehead atoms. The van der Waals surface area contributed by atoms with E-state index in [0.29, 0.717) is 11.9 Å². The summed E-state index contributed by atoms with van der Waals surface area (Å²) in [6.45, 7) is 3.64. The molecule has 3 N–H and O–H groups in total. The Bertz CT molecular complexity index is 1190. The van der Waals surface area contributed by atoms with Gasteiger partial charge < -0.3 is 15.7 Å². The lowest BCUT2D eigenvalue weighted by Gasteiger charge is -2.13. The molecule has 1 unspecified atom stereocenters. The van der Waals surface area contributed by atoms with Crippen LogP contribution in [0.5, 0.6) is 0 Å². The molecule has 0 aliphatic rings. The number of carboxylic acid groups (broad SMARTS) is 1. The van der Waals surface area contributed by atoms with Crippen molar-refractivity contribution in [1.29, 1.82) is 0 Å². The number of benzene rings is 1. The zero-order valence-corrected chi connectivity index (χ0v) is 18.6. The van der Waals surface area contributed by atoms with E-state index in [2.05, 4.69) is 37.6 Å². The van der Waals surface area contributed by atoms with Crippen LogP contribution >= 0.6 is 23.1 Å². The van der Waals surface area contributed by atoms with E-state index in [0.717, 1.165) is 49.1 Å². The van der Waals surface area contributed by atoms with Crippen LogP contribution < -0.4 is 10.6 Å². The standard InChI is InChI=1S/C20H21N7O2S2/c1-12(6-21-18-22-9-15(30-2)10-23-18)7-24-19-26-16-4-3-13(5-17(16)31-19)14-8-25-27(11-14)20(28)29/h3-5,8-12H,6-7H2,1-2H3,(H,24,26)(H,28,29)(H,21,22,23). The molecule has 1 aromatic carbocycles. The zero-order chi connectivity index (χ0) is 21.8. The number of nitrogens with zero attached hydrogens (tertiary/aromatic N) is 5. The minimum absolute atomic E-state index is 0.341. The van der Waals surface area contributed by atoms with Crippen LogP contribution in [0.15, 0.2) is 47.9 Å². The van der Waals surface area contributed by atoms with Crippen molar-refractivity contribution in [3.05, 3.63) is 43.0 Å². The molecule has 0 saturated carbocycles. The van der Waals surface area contributed by atoms with Crippen molar-refractivity contribution < 1.29 is 9.90 Å². The van der Waals surface area contributed by atoms with Crippen LogP contribution in [-0.4, -0.2) is 55.3 Å². The predicted molar refractivity (Wildman–Crippen MR) is 124 cm³/mol. The first kappa shape index (κ1) is 21.1. The number of hydrogen-bond acceptors (Lipinski definition) is 9. The van der Waals surface area contributed by atoms with Crippen LogP contribution in [0.4, 0.5) is 15.9 Å². The molecule has 3 aromatic heterocycles. The quantitative estimate of drug-likeness (QED) is 0.333. The van der Waals surface area contributed by atoms with Gasteiger partial charge in [-0.2, -0.15) is 9.78 Å². The van der Waals surface area contributed by atoms with Crippen molar-refractivity contribution in [2.75, 3.05) is 30.0 Å². The van der Waals surface area contributed by atoms with E-state index in [1.807, 2.05) is 36.8 Å². The number of fused-ring (bicyclic) bond motifs is 1. The normalized spacial score (nSPS) is 12.1. The molecular weight excluding hydrogens is 434 g/mol. The first-order valence-corrected chi connectivity index (χ1v) is 11.6. The van der Waals surface area contributed by atoms with Crippen molar-refractivity contribution in [2.45, 2.75) is 11.8 Å². The maximum atomic E-state index is 11.0. The molecule has 0 saturated heterocycles. The van der Waals surface area contributed by atoms with E-state index < -0.39 is 6.09 Å². The lowest BCUT2D eigenvalue weighted by atomic mass is 10.1. The summed E-state index contributed by atoms with van der Waals surface area (Å²) in [5.74, 6) is 0.969. The summed E-state index contributed by atoms with van der Waals surface area (Å²) in [7, 11) is 0. The maximum absolute atomic E-state index is 11.0. The van der Waals surface area contributed by atoms with E-state index >= 15 is 0 Å². The molecule has 3 heterocycles. The van der Waals surface area contributed by atoms with Gasteiger partial charge in [0.25, 0.3) is 0 Å². The van der Waals surface area contributed by atoms with Gasteiger partial charge in [0.15, 0.2) is 5.13 Å². The Morgan fingerprint density at radius 1 is 1.19 bits per heavy atom. The minimum Gasteiger partial charge on any atom is -0.463 e. The zero-order valence-electron chi connectivity index (χ0n) is 16.9. The molecule has 0 fully saturated rings. The van der Waals surface area contributed by atoms with Crippen molar-refractivity contribution in [3.8, 4) is 11.1 Å². The monoisotopic (exact) mass is 455 g/mol. The number of thiazole rings is 1. The van der Waals surface area contributed by atoms with Crippen LogP contribution in [0.3, 0.4) is 0 Å². The highest BCUT2D eigenvalue weighted by molar-refractivity contribution is 7.98. The molecule has 0 amide bonds. The van der Waals surface area contributed by atoms with Crippen molar-refractivity contribution >= 4 is 50.5 Å². The van der Waals surface area contributed by atoms with Crippen LogP contribution in [0.2, 0.25) is 0 Å². The van der Waals surface area contributed by atoms with Gasteiger partial charge in [-0.1, -0.05) is 24.3 Å². The van der Waals surface area contributed by atoms with E-state index in [1.165, 1.54) is 6.20 Å². The molecule has 9 nitrogen and oxygen atoms in total. The average Bonchev–Trinajstić information content (AvgIpc) is 3.43. The Balaban J connectivity index is 1.35. The highest BCUT2D eigenvalue weighted by Gasteiger charge is 2.10. The largest absolute Gasteiger partial charge is 0.463 e. The number of carbonyl (C=O) groups is 1. The fraction of sp³-hybridized carbons (Fsp3) is 0.250. The van der Waals surface area contributed by atoms with Crippen molar-refractivity contribution in [3.63, 3.8) is 0 Å². The van der Waals surface area contributed by atoms with E-state index in [-0.39, 0.29) is 0 Å². The van der Waals surface area contributed by atoms with Gasteiger partial charge in [-0.15, -0.1) is 11.8 Å². The molecule has 160 valence electrons. The lowest BCUT2D eigenvalue weighted by Crippen LogP contribution is -2.20. The summed E-state index contributed by atoms with van der Waals surface area (Å²) >= 11 is 3.18. The third kappa shape index (κ3) is 5.12. The molecule has 0 radical (unpaired) electrons. The Morgan fingerprint density at radius 3 is 2.68 bits per heavy atom. The number of aromatic nitrogens is 5. The Kier molecular flexibility index (Phi) is 6.33. The molecule has 0 aliphatic carbocycles.